The van der Waals surface area contributed by atoms with Crippen LogP contribution in [0.15, 0.2) is 41.1 Å². The summed E-state index contributed by atoms with van der Waals surface area (Å²) >= 11 is 6.55. The second-order valence-corrected chi connectivity index (χ2v) is 5.46. The molecule has 0 radical (unpaired) electrons. The number of thiophene rings is 1. The van der Waals surface area contributed by atoms with Crippen LogP contribution in [0.1, 0.15) is 21.5 Å². The van der Waals surface area contributed by atoms with Crippen LogP contribution >= 0.6 is 23.6 Å². The summed E-state index contributed by atoms with van der Waals surface area (Å²) in [7, 11) is 1.79. The predicted molar refractivity (Wildman–Crippen MR) is 82.4 cm³/mol. The van der Waals surface area contributed by atoms with E-state index in [1.165, 1.54) is 0 Å². The summed E-state index contributed by atoms with van der Waals surface area (Å²) in [6.07, 6.45) is 0. The van der Waals surface area contributed by atoms with E-state index < -0.39 is 0 Å². The third kappa shape index (κ3) is 3.39. The number of nitrogens with two attached hydrogens (primary N) is 1. The van der Waals surface area contributed by atoms with Crippen molar-refractivity contribution in [3.05, 3.63) is 57.8 Å². The fourth-order valence-electron chi connectivity index (χ4n) is 1.75. The highest BCUT2D eigenvalue weighted by Crippen LogP contribution is 2.12. The highest BCUT2D eigenvalue weighted by molar-refractivity contribution is 7.80. The van der Waals surface area contributed by atoms with Gasteiger partial charge in [-0.1, -0.05) is 24.4 Å². The molecule has 1 aromatic heterocycles. The minimum absolute atomic E-state index is 0.0377. The quantitative estimate of drug-likeness (QED) is 0.881. The minimum atomic E-state index is -0.0377. The number of hydrogen-bond acceptors (Lipinski definition) is 3. The molecule has 98 valence electrons. The number of nitrogens with zero attached hydrogens (tertiary/aromatic N) is 1. The lowest BCUT2D eigenvalue weighted by molar-refractivity contribution is 0.0785. The van der Waals surface area contributed by atoms with Crippen molar-refractivity contribution in [3.63, 3.8) is 0 Å². The molecule has 2 rings (SSSR count). The van der Waals surface area contributed by atoms with Gasteiger partial charge >= 0.3 is 0 Å². The van der Waals surface area contributed by atoms with Crippen LogP contribution in [0.3, 0.4) is 0 Å². The first-order chi connectivity index (χ1) is 9.08. The van der Waals surface area contributed by atoms with Gasteiger partial charge in [-0.2, -0.15) is 11.3 Å². The van der Waals surface area contributed by atoms with Gasteiger partial charge in [-0.3, -0.25) is 4.79 Å². The maximum Gasteiger partial charge on any atom is 0.253 e. The maximum atomic E-state index is 12.3. The van der Waals surface area contributed by atoms with Crippen molar-refractivity contribution in [2.24, 2.45) is 5.73 Å². The predicted octanol–water partition coefficient (Wildman–Crippen LogP) is 2.65. The average Bonchev–Trinajstić information content (AvgIpc) is 2.90. The summed E-state index contributed by atoms with van der Waals surface area (Å²) in [5.41, 5.74) is 8.02. The number of carbonyl (C=O) groups excluding carboxylic acids is 1. The zero-order valence-corrected chi connectivity index (χ0v) is 12.1. The van der Waals surface area contributed by atoms with E-state index in [4.69, 9.17) is 18.0 Å². The Morgan fingerprint density at radius 2 is 2.11 bits per heavy atom. The zero-order chi connectivity index (χ0) is 13.8. The van der Waals surface area contributed by atoms with Gasteiger partial charge in [-0.25, -0.2) is 0 Å². The molecular weight excluding hydrogens is 276 g/mol. The van der Waals surface area contributed by atoms with Crippen LogP contribution in [0.2, 0.25) is 0 Å². The Labute approximate surface area is 121 Å². The van der Waals surface area contributed by atoms with Crippen LogP contribution < -0.4 is 5.73 Å². The van der Waals surface area contributed by atoms with E-state index in [2.05, 4.69) is 0 Å². The summed E-state index contributed by atoms with van der Waals surface area (Å²) in [5.74, 6) is -0.0377. The molecule has 0 aliphatic heterocycles. The van der Waals surface area contributed by atoms with Gasteiger partial charge in [-0.15, -0.1) is 0 Å². The lowest BCUT2D eigenvalue weighted by Crippen LogP contribution is -2.26. The van der Waals surface area contributed by atoms with Crippen molar-refractivity contribution in [2.75, 3.05) is 7.05 Å². The van der Waals surface area contributed by atoms with Gasteiger partial charge in [-0.05, 0) is 34.5 Å². The molecule has 0 aliphatic carbocycles. The minimum Gasteiger partial charge on any atom is -0.389 e. The van der Waals surface area contributed by atoms with Gasteiger partial charge in [0.05, 0.1) is 0 Å². The van der Waals surface area contributed by atoms with Gasteiger partial charge in [0.1, 0.15) is 4.99 Å². The summed E-state index contributed by atoms with van der Waals surface area (Å²) in [5, 5.41) is 4.04. The summed E-state index contributed by atoms with van der Waals surface area (Å²) < 4.78 is 0. The Morgan fingerprint density at radius 1 is 1.37 bits per heavy atom. The van der Waals surface area contributed by atoms with E-state index in [1.807, 2.05) is 16.8 Å². The van der Waals surface area contributed by atoms with Crippen molar-refractivity contribution in [3.8, 4) is 0 Å². The lowest BCUT2D eigenvalue weighted by Gasteiger charge is -2.16. The molecule has 0 fully saturated rings. The van der Waals surface area contributed by atoms with Crippen LogP contribution in [0.4, 0.5) is 0 Å². The Kier molecular flexibility index (Phi) is 4.29. The summed E-state index contributed by atoms with van der Waals surface area (Å²) in [6.45, 7) is 0.597. The number of amides is 1. The lowest BCUT2D eigenvalue weighted by atomic mass is 10.1. The third-order valence-electron chi connectivity index (χ3n) is 2.74. The molecular formula is C14H14N2OS2. The molecule has 1 amide bonds. The highest BCUT2D eigenvalue weighted by Gasteiger charge is 2.13. The number of hydrogen-bond donors (Lipinski definition) is 1. The summed E-state index contributed by atoms with van der Waals surface area (Å²) in [6, 6.07) is 9.11. The molecule has 5 heteroatoms. The molecule has 0 unspecified atom stereocenters. The number of rotatable bonds is 4. The molecule has 1 aromatic carbocycles. The van der Waals surface area contributed by atoms with Crippen LogP contribution in [-0.2, 0) is 6.54 Å². The second kappa shape index (κ2) is 5.95. The molecule has 0 bridgehead atoms. The smallest absolute Gasteiger partial charge is 0.253 e. The standard InChI is InChI=1S/C14H14N2OS2/c1-16(8-10-5-6-19-9-10)14(17)12-4-2-3-11(7-12)13(15)18/h2-7,9H,8H2,1H3,(H2,15,18). The fraction of sp³-hybridized carbons (Fsp3) is 0.143. The Morgan fingerprint density at radius 3 is 2.74 bits per heavy atom. The molecule has 0 spiro atoms. The first kappa shape index (κ1) is 13.7. The first-order valence-corrected chi connectivity index (χ1v) is 7.09. The number of benzene rings is 1. The Bertz CT molecular complexity index is 593. The third-order valence-corrected chi connectivity index (χ3v) is 3.71. The second-order valence-electron chi connectivity index (χ2n) is 4.24. The van der Waals surface area contributed by atoms with Crippen molar-refractivity contribution in [1.82, 2.24) is 4.90 Å². The summed E-state index contributed by atoms with van der Waals surface area (Å²) in [4.78, 5) is 14.3. The molecule has 0 saturated heterocycles. The largest absolute Gasteiger partial charge is 0.389 e. The van der Waals surface area contributed by atoms with E-state index in [-0.39, 0.29) is 5.91 Å². The van der Waals surface area contributed by atoms with Crippen molar-refractivity contribution in [2.45, 2.75) is 6.54 Å². The van der Waals surface area contributed by atoms with Gasteiger partial charge in [0.2, 0.25) is 0 Å². The van der Waals surface area contributed by atoms with Crippen molar-refractivity contribution >= 4 is 34.5 Å². The van der Waals surface area contributed by atoms with Gasteiger partial charge in [0.25, 0.3) is 5.91 Å². The van der Waals surface area contributed by atoms with Crippen molar-refractivity contribution < 1.29 is 4.79 Å². The highest BCUT2D eigenvalue weighted by atomic mass is 32.1. The van der Waals surface area contributed by atoms with Crippen LogP contribution in [0.25, 0.3) is 0 Å². The first-order valence-electron chi connectivity index (χ1n) is 5.74. The molecule has 19 heavy (non-hydrogen) atoms. The molecule has 0 atom stereocenters. The van der Waals surface area contributed by atoms with E-state index in [1.54, 1.807) is 47.5 Å². The van der Waals surface area contributed by atoms with Crippen LogP contribution in [0, 0.1) is 0 Å². The molecule has 2 aromatic rings. The normalized spacial score (nSPS) is 10.2. The SMILES string of the molecule is CN(Cc1ccsc1)C(=O)c1cccc(C(N)=S)c1. The maximum absolute atomic E-state index is 12.3. The monoisotopic (exact) mass is 290 g/mol. The van der Waals surface area contributed by atoms with Gasteiger partial charge < -0.3 is 10.6 Å². The molecule has 0 aliphatic rings. The molecule has 1 heterocycles. The fourth-order valence-corrected chi connectivity index (χ4v) is 2.54. The van der Waals surface area contributed by atoms with E-state index in [9.17, 15) is 4.79 Å². The van der Waals surface area contributed by atoms with Gasteiger partial charge in [0.15, 0.2) is 0 Å². The number of thiocarbonyl (C=S) groups is 1. The number of carbonyl (C=O) groups is 1. The van der Waals surface area contributed by atoms with Crippen LogP contribution in [0.5, 0.6) is 0 Å². The average molecular weight is 290 g/mol. The van der Waals surface area contributed by atoms with Crippen molar-refractivity contribution in [1.29, 1.82) is 0 Å². The van der Waals surface area contributed by atoms with E-state index >= 15 is 0 Å². The molecule has 2 N–H and O–H groups in total. The van der Waals surface area contributed by atoms with Gasteiger partial charge in [0, 0.05) is 24.7 Å². The molecule has 0 saturated carbocycles. The van der Waals surface area contributed by atoms with Crippen LogP contribution in [-0.4, -0.2) is 22.8 Å². The topological polar surface area (TPSA) is 46.3 Å². The Balaban J connectivity index is 2.14. The van der Waals surface area contributed by atoms with E-state index in [0.717, 1.165) is 5.56 Å². The zero-order valence-electron chi connectivity index (χ0n) is 10.5. The Hall–Kier alpha value is -1.72. The van der Waals surface area contributed by atoms with E-state index in [0.29, 0.717) is 22.7 Å². The molecule has 3 nitrogen and oxygen atoms in total.